The van der Waals surface area contributed by atoms with E-state index in [0.717, 1.165) is 0 Å². The Kier molecular flexibility index (Phi) is 6.79. The minimum Gasteiger partial charge on any atom is -0.495 e. The van der Waals surface area contributed by atoms with Crippen molar-refractivity contribution in [1.82, 2.24) is 10.0 Å². The molecule has 124 valence electrons. The van der Waals surface area contributed by atoms with Gasteiger partial charge in [0.2, 0.25) is 10.0 Å². The Morgan fingerprint density at radius 2 is 2.05 bits per heavy atom. The minimum absolute atomic E-state index is 0.0270. The molecule has 0 bridgehead atoms. The van der Waals surface area contributed by atoms with Gasteiger partial charge in [-0.3, -0.25) is 4.79 Å². The molecular formula is C14H22N2O5S. The number of rotatable bonds is 8. The lowest BCUT2D eigenvalue weighted by Crippen LogP contribution is -2.31. The molecule has 0 aromatic heterocycles. The van der Waals surface area contributed by atoms with Crippen LogP contribution in [0.3, 0.4) is 0 Å². The van der Waals surface area contributed by atoms with Crippen LogP contribution in [0.15, 0.2) is 23.1 Å². The average Bonchev–Trinajstić information content (AvgIpc) is 2.45. The lowest BCUT2D eigenvalue weighted by molar-refractivity contribution is 0.0951. The van der Waals surface area contributed by atoms with Crippen LogP contribution >= 0.6 is 0 Å². The zero-order chi connectivity index (χ0) is 16.8. The molecule has 0 saturated heterocycles. The molecule has 7 nitrogen and oxygen atoms in total. The zero-order valence-electron chi connectivity index (χ0n) is 12.9. The third kappa shape index (κ3) is 4.97. The van der Waals surface area contributed by atoms with Gasteiger partial charge in [0.25, 0.3) is 5.91 Å². The van der Waals surface area contributed by atoms with E-state index >= 15 is 0 Å². The van der Waals surface area contributed by atoms with Gasteiger partial charge in [-0.1, -0.05) is 0 Å². The highest BCUT2D eigenvalue weighted by Gasteiger charge is 2.22. The molecule has 0 atom stereocenters. The standard InChI is InChI=1S/C14H22N2O5S/c1-10(2)16-22(19,20)13-9-11(5-6-12(13)21-3)14(18)15-7-4-8-17/h5-6,9-10,16-17H,4,7-8H2,1-3H3,(H,15,18). The van der Waals surface area contributed by atoms with E-state index in [9.17, 15) is 13.2 Å². The predicted molar refractivity (Wildman–Crippen MR) is 82.5 cm³/mol. The van der Waals surface area contributed by atoms with E-state index in [1.165, 1.54) is 25.3 Å². The lowest BCUT2D eigenvalue weighted by atomic mass is 10.2. The third-order valence-corrected chi connectivity index (χ3v) is 4.41. The van der Waals surface area contributed by atoms with Crippen molar-refractivity contribution >= 4 is 15.9 Å². The molecule has 0 fully saturated rings. The van der Waals surface area contributed by atoms with Crippen LogP contribution < -0.4 is 14.8 Å². The number of hydrogen-bond donors (Lipinski definition) is 3. The Morgan fingerprint density at radius 1 is 1.36 bits per heavy atom. The lowest BCUT2D eigenvalue weighted by Gasteiger charge is -2.14. The van der Waals surface area contributed by atoms with Crippen molar-refractivity contribution in [2.24, 2.45) is 0 Å². The minimum atomic E-state index is -3.78. The number of benzene rings is 1. The summed E-state index contributed by atoms with van der Waals surface area (Å²) in [6.45, 7) is 3.69. The van der Waals surface area contributed by atoms with Crippen LogP contribution in [-0.2, 0) is 10.0 Å². The topological polar surface area (TPSA) is 105 Å². The summed E-state index contributed by atoms with van der Waals surface area (Å²) in [5.41, 5.74) is 0.211. The second-order valence-corrected chi connectivity index (χ2v) is 6.66. The van der Waals surface area contributed by atoms with Crippen molar-refractivity contribution in [2.45, 2.75) is 31.2 Å². The fraction of sp³-hybridized carbons (Fsp3) is 0.500. The largest absolute Gasteiger partial charge is 0.495 e. The highest BCUT2D eigenvalue weighted by Crippen LogP contribution is 2.25. The normalized spacial score (nSPS) is 11.5. The molecule has 0 spiro atoms. The van der Waals surface area contributed by atoms with Crippen LogP contribution in [0, 0.1) is 0 Å². The number of methoxy groups -OCH3 is 1. The van der Waals surface area contributed by atoms with Crippen molar-refractivity contribution in [3.05, 3.63) is 23.8 Å². The molecule has 0 aliphatic heterocycles. The van der Waals surface area contributed by atoms with Crippen molar-refractivity contribution in [3.63, 3.8) is 0 Å². The first kappa shape index (κ1) is 18.4. The van der Waals surface area contributed by atoms with E-state index in [0.29, 0.717) is 13.0 Å². The monoisotopic (exact) mass is 330 g/mol. The second kappa shape index (κ2) is 8.11. The molecule has 22 heavy (non-hydrogen) atoms. The molecule has 0 saturated carbocycles. The summed E-state index contributed by atoms with van der Waals surface area (Å²) in [5.74, 6) is -0.239. The maximum atomic E-state index is 12.3. The van der Waals surface area contributed by atoms with E-state index < -0.39 is 15.9 Å². The van der Waals surface area contributed by atoms with Gasteiger partial charge in [-0.05, 0) is 38.5 Å². The smallest absolute Gasteiger partial charge is 0.251 e. The van der Waals surface area contributed by atoms with Crippen LogP contribution in [0.25, 0.3) is 0 Å². The summed E-state index contributed by atoms with van der Waals surface area (Å²) in [5, 5.41) is 11.3. The van der Waals surface area contributed by atoms with E-state index in [2.05, 4.69) is 10.0 Å². The van der Waals surface area contributed by atoms with E-state index in [1.807, 2.05) is 0 Å². The molecular weight excluding hydrogens is 308 g/mol. The number of aliphatic hydroxyl groups excluding tert-OH is 1. The summed E-state index contributed by atoms with van der Waals surface area (Å²) in [6.07, 6.45) is 0.432. The second-order valence-electron chi connectivity index (χ2n) is 4.97. The van der Waals surface area contributed by atoms with Gasteiger partial charge in [-0.25, -0.2) is 13.1 Å². The quantitative estimate of drug-likeness (QED) is 0.602. The Hall–Kier alpha value is -1.64. The molecule has 1 amide bonds. The number of carbonyl (C=O) groups is 1. The highest BCUT2D eigenvalue weighted by molar-refractivity contribution is 7.89. The van der Waals surface area contributed by atoms with Gasteiger partial charge in [0.05, 0.1) is 7.11 Å². The molecule has 0 radical (unpaired) electrons. The molecule has 0 heterocycles. The molecule has 8 heteroatoms. The van der Waals surface area contributed by atoms with Gasteiger partial charge in [-0.15, -0.1) is 0 Å². The molecule has 3 N–H and O–H groups in total. The van der Waals surface area contributed by atoms with Crippen LogP contribution in [0.2, 0.25) is 0 Å². The van der Waals surface area contributed by atoms with Crippen LogP contribution in [0.5, 0.6) is 5.75 Å². The van der Waals surface area contributed by atoms with E-state index in [4.69, 9.17) is 9.84 Å². The van der Waals surface area contributed by atoms with E-state index in [-0.39, 0.29) is 28.9 Å². The number of ether oxygens (including phenoxy) is 1. The summed E-state index contributed by atoms with van der Waals surface area (Å²) >= 11 is 0. The van der Waals surface area contributed by atoms with Crippen molar-refractivity contribution in [1.29, 1.82) is 0 Å². The predicted octanol–water partition coefficient (Wildman–Crippen LogP) is 0.494. The van der Waals surface area contributed by atoms with Gasteiger partial charge in [0, 0.05) is 24.8 Å². The zero-order valence-corrected chi connectivity index (χ0v) is 13.7. The van der Waals surface area contributed by atoms with Crippen LogP contribution in [0.4, 0.5) is 0 Å². The number of nitrogens with one attached hydrogen (secondary N) is 2. The van der Waals surface area contributed by atoms with Crippen LogP contribution in [0.1, 0.15) is 30.6 Å². The first-order valence-electron chi connectivity index (χ1n) is 6.91. The van der Waals surface area contributed by atoms with Gasteiger partial charge >= 0.3 is 0 Å². The molecule has 1 aromatic carbocycles. The summed E-state index contributed by atoms with van der Waals surface area (Å²) in [4.78, 5) is 11.9. The molecule has 1 aromatic rings. The van der Waals surface area contributed by atoms with E-state index in [1.54, 1.807) is 13.8 Å². The fourth-order valence-corrected chi connectivity index (χ4v) is 3.23. The molecule has 1 rings (SSSR count). The number of sulfonamides is 1. The average molecular weight is 330 g/mol. The Bertz CT molecular complexity index is 614. The maximum absolute atomic E-state index is 12.3. The molecule has 0 aliphatic carbocycles. The first-order valence-corrected chi connectivity index (χ1v) is 8.39. The molecule has 0 aliphatic rings. The number of amides is 1. The summed E-state index contributed by atoms with van der Waals surface area (Å²) < 4.78 is 32.1. The first-order chi connectivity index (χ1) is 10.3. The Morgan fingerprint density at radius 3 is 2.59 bits per heavy atom. The van der Waals surface area contributed by atoms with Crippen LogP contribution in [-0.4, -0.2) is 45.7 Å². The Balaban J connectivity index is 3.11. The maximum Gasteiger partial charge on any atom is 0.251 e. The Labute approximate surface area is 130 Å². The summed E-state index contributed by atoms with van der Waals surface area (Å²) in [7, 11) is -2.41. The SMILES string of the molecule is COc1ccc(C(=O)NCCCO)cc1S(=O)(=O)NC(C)C. The van der Waals surface area contributed by atoms with Crippen molar-refractivity contribution < 1.29 is 23.1 Å². The van der Waals surface area contributed by atoms with Crippen molar-refractivity contribution in [3.8, 4) is 5.75 Å². The van der Waals surface area contributed by atoms with Gasteiger partial charge in [0.1, 0.15) is 10.6 Å². The number of hydrogen-bond acceptors (Lipinski definition) is 5. The number of carbonyl (C=O) groups excluding carboxylic acids is 1. The van der Waals surface area contributed by atoms with Gasteiger partial charge < -0.3 is 15.2 Å². The van der Waals surface area contributed by atoms with Gasteiger partial charge in [-0.2, -0.15) is 0 Å². The summed E-state index contributed by atoms with van der Waals surface area (Å²) in [6, 6.07) is 3.92. The van der Waals surface area contributed by atoms with Crippen molar-refractivity contribution in [2.75, 3.05) is 20.3 Å². The third-order valence-electron chi connectivity index (χ3n) is 2.73. The molecule has 0 unspecified atom stereocenters. The highest BCUT2D eigenvalue weighted by atomic mass is 32.2. The number of aliphatic hydroxyl groups is 1. The van der Waals surface area contributed by atoms with Gasteiger partial charge in [0.15, 0.2) is 0 Å². The fourth-order valence-electron chi connectivity index (χ4n) is 1.78.